The van der Waals surface area contributed by atoms with Crippen LogP contribution in [0.3, 0.4) is 0 Å². The quantitative estimate of drug-likeness (QED) is 0.873. The molecule has 0 heterocycles. The van der Waals surface area contributed by atoms with E-state index >= 15 is 0 Å². The first-order valence-corrected chi connectivity index (χ1v) is 5.76. The molecule has 2 aromatic carbocycles. The molecule has 1 unspecified atom stereocenters. The minimum Gasteiger partial charge on any atom is -0.384 e. The number of aliphatic hydroxyl groups is 1. The molecule has 18 heavy (non-hydrogen) atoms. The van der Waals surface area contributed by atoms with E-state index in [0.717, 1.165) is 0 Å². The Hall–Kier alpha value is -1.45. The zero-order chi connectivity index (χ0) is 13.3. The second-order valence-corrected chi connectivity index (χ2v) is 4.48. The van der Waals surface area contributed by atoms with E-state index in [9.17, 15) is 13.9 Å². The van der Waals surface area contributed by atoms with Gasteiger partial charge in [-0.3, -0.25) is 0 Å². The fourth-order valence-electron chi connectivity index (χ4n) is 1.74. The molecular weight excluding hydrogens is 258 g/mol. The highest BCUT2D eigenvalue weighted by atomic mass is 35.5. The fourth-order valence-corrected chi connectivity index (χ4v) is 1.96. The topological polar surface area (TPSA) is 20.2 Å². The molecule has 0 saturated heterocycles. The van der Waals surface area contributed by atoms with E-state index in [1.54, 1.807) is 6.92 Å². The molecule has 0 aliphatic heterocycles. The minimum atomic E-state index is -1.08. The first-order valence-electron chi connectivity index (χ1n) is 5.38. The summed E-state index contributed by atoms with van der Waals surface area (Å²) in [7, 11) is 0. The average molecular weight is 269 g/mol. The highest BCUT2D eigenvalue weighted by Gasteiger charge is 2.15. The molecule has 1 nitrogen and oxygen atoms in total. The van der Waals surface area contributed by atoms with Gasteiger partial charge in [-0.1, -0.05) is 23.7 Å². The van der Waals surface area contributed by atoms with Crippen LogP contribution in [0.5, 0.6) is 0 Å². The number of rotatable bonds is 2. The molecule has 0 saturated carbocycles. The largest absolute Gasteiger partial charge is 0.384 e. The maximum absolute atomic E-state index is 13.1. The SMILES string of the molecule is Cc1cc(C(O)c2cc(F)ccc2Cl)ccc1F. The van der Waals surface area contributed by atoms with Crippen molar-refractivity contribution in [2.45, 2.75) is 13.0 Å². The molecule has 94 valence electrons. The number of aryl methyl sites for hydroxylation is 1. The van der Waals surface area contributed by atoms with Gasteiger partial charge in [0.15, 0.2) is 0 Å². The zero-order valence-corrected chi connectivity index (χ0v) is 10.4. The normalized spacial score (nSPS) is 12.5. The minimum absolute atomic E-state index is 0.266. The van der Waals surface area contributed by atoms with Crippen molar-refractivity contribution < 1.29 is 13.9 Å². The van der Waals surface area contributed by atoms with Crippen LogP contribution in [0.25, 0.3) is 0 Å². The lowest BCUT2D eigenvalue weighted by molar-refractivity contribution is 0.219. The maximum atomic E-state index is 13.1. The van der Waals surface area contributed by atoms with Gasteiger partial charge in [-0.2, -0.15) is 0 Å². The van der Waals surface area contributed by atoms with E-state index in [2.05, 4.69) is 0 Å². The van der Waals surface area contributed by atoms with Gasteiger partial charge < -0.3 is 5.11 Å². The maximum Gasteiger partial charge on any atom is 0.126 e. The first kappa shape index (κ1) is 13.0. The van der Waals surface area contributed by atoms with E-state index in [0.29, 0.717) is 11.1 Å². The Balaban J connectivity index is 2.44. The van der Waals surface area contributed by atoms with Crippen molar-refractivity contribution in [1.82, 2.24) is 0 Å². The summed E-state index contributed by atoms with van der Waals surface area (Å²) < 4.78 is 26.3. The third kappa shape index (κ3) is 2.52. The van der Waals surface area contributed by atoms with E-state index < -0.39 is 11.9 Å². The first-order chi connectivity index (χ1) is 8.49. The molecule has 0 aromatic heterocycles. The van der Waals surface area contributed by atoms with Crippen molar-refractivity contribution in [2.75, 3.05) is 0 Å². The van der Waals surface area contributed by atoms with Crippen LogP contribution in [0, 0.1) is 18.6 Å². The Labute approximate surface area is 109 Å². The second-order valence-electron chi connectivity index (χ2n) is 4.08. The van der Waals surface area contributed by atoms with Crippen LogP contribution in [0.15, 0.2) is 36.4 Å². The molecule has 0 amide bonds. The molecule has 1 N–H and O–H groups in total. The molecule has 0 fully saturated rings. The molecule has 4 heteroatoms. The smallest absolute Gasteiger partial charge is 0.126 e. The van der Waals surface area contributed by atoms with Gasteiger partial charge in [-0.25, -0.2) is 8.78 Å². The van der Waals surface area contributed by atoms with Crippen LogP contribution < -0.4 is 0 Å². The number of halogens is 3. The van der Waals surface area contributed by atoms with Crippen LogP contribution >= 0.6 is 11.6 Å². The zero-order valence-electron chi connectivity index (χ0n) is 9.62. The lowest BCUT2D eigenvalue weighted by Gasteiger charge is -2.14. The van der Waals surface area contributed by atoms with Gasteiger partial charge in [0, 0.05) is 10.6 Å². The summed E-state index contributed by atoms with van der Waals surface area (Å²) >= 11 is 5.91. The van der Waals surface area contributed by atoms with Gasteiger partial charge >= 0.3 is 0 Å². The van der Waals surface area contributed by atoms with E-state index in [1.807, 2.05) is 0 Å². The summed E-state index contributed by atoms with van der Waals surface area (Å²) in [4.78, 5) is 0. The van der Waals surface area contributed by atoms with Crippen LogP contribution in [0.2, 0.25) is 5.02 Å². The summed E-state index contributed by atoms with van der Waals surface area (Å²) in [6, 6.07) is 8.00. The molecule has 2 rings (SSSR count). The van der Waals surface area contributed by atoms with Gasteiger partial charge in [0.05, 0.1) is 0 Å². The van der Waals surface area contributed by atoms with Crippen molar-refractivity contribution in [3.05, 3.63) is 69.7 Å². The second kappa shape index (κ2) is 5.04. The van der Waals surface area contributed by atoms with Gasteiger partial charge in [0.2, 0.25) is 0 Å². The Morgan fingerprint density at radius 1 is 1.11 bits per heavy atom. The summed E-state index contributed by atoms with van der Waals surface area (Å²) in [5, 5.41) is 10.4. The lowest BCUT2D eigenvalue weighted by Crippen LogP contribution is -2.02. The predicted molar refractivity (Wildman–Crippen MR) is 66.6 cm³/mol. The standard InChI is InChI=1S/C14H11ClF2O/c1-8-6-9(2-5-13(8)17)14(18)11-7-10(16)3-4-12(11)15/h2-7,14,18H,1H3. The number of aliphatic hydroxyl groups excluding tert-OH is 1. The summed E-state index contributed by atoms with van der Waals surface area (Å²) in [5.74, 6) is -0.830. The summed E-state index contributed by atoms with van der Waals surface area (Å²) in [5.41, 5.74) is 1.16. The van der Waals surface area contributed by atoms with Crippen molar-refractivity contribution in [3.8, 4) is 0 Å². The molecule has 2 aromatic rings. The summed E-state index contributed by atoms with van der Waals surface area (Å²) in [6.45, 7) is 1.60. The molecule has 0 spiro atoms. The van der Waals surface area contributed by atoms with Crippen LogP contribution in [0.1, 0.15) is 22.8 Å². The Morgan fingerprint density at radius 3 is 2.50 bits per heavy atom. The van der Waals surface area contributed by atoms with Crippen LogP contribution in [0.4, 0.5) is 8.78 Å². The Morgan fingerprint density at radius 2 is 1.83 bits per heavy atom. The van der Waals surface area contributed by atoms with Crippen molar-refractivity contribution in [3.63, 3.8) is 0 Å². The third-order valence-electron chi connectivity index (χ3n) is 2.75. The number of benzene rings is 2. The van der Waals surface area contributed by atoms with Gasteiger partial charge in [0.25, 0.3) is 0 Å². The van der Waals surface area contributed by atoms with Crippen molar-refractivity contribution in [2.24, 2.45) is 0 Å². The summed E-state index contributed by atoms with van der Waals surface area (Å²) in [6.07, 6.45) is -1.08. The lowest BCUT2D eigenvalue weighted by atomic mass is 9.99. The van der Waals surface area contributed by atoms with Crippen LogP contribution in [-0.2, 0) is 0 Å². The van der Waals surface area contributed by atoms with Crippen molar-refractivity contribution in [1.29, 1.82) is 0 Å². The monoisotopic (exact) mass is 268 g/mol. The number of hydrogen-bond acceptors (Lipinski definition) is 1. The molecule has 0 aliphatic carbocycles. The van der Waals surface area contributed by atoms with Gasteiger partial charge in [0.1, 0.15) is 17.7 Å². The van der Waals surface area contributed by atoms with Crippen molar-refractivity contribution >= 4 is 11.6 Å². The van der Waals surface area contributed by atoms with E-state index in [1.165, 1.54) is 36.4 Å². The third-order valence-corrected chi connectivity index (χ3v) is 3.09. The van der Waals surface area contributed by atoms with E-state index in [-0.39, 0.29) is 16.4 Å². The average Bonchev–Trinajstić information content (AvgIpc) is 2.35. The molecule has 0 bridgehead atoms. The number of hydrogen-bond donors (Lipinski definition) is 1. The Kier molecular flexibility index (Phi) is 3.64. The molecule has 0 aliphatic rings. The van der Waals surface area contributed by atoms with Gasteiger partial charge in [-0.15, -0.1) is 0 Å². The molecule has 0 radical (unpaired) electrons. The Bertz CT molecular complexity index is 584. The van der Waals surface area contributed by atoms with Crippen LogP contribution in [-0.4, -0.2) is 5.11 Å². The van der Waals surface area contributed by atoms with Gasteiger partial charge in [-0.05, 0) is 42.3 Å². The molecule has 1 atom stereocenters. The highest BCUT2D eigenvalue weighted by molar-refractivity contribution is 6.31. The predicted octanol–water partition coefficient (Wildman–Crippen LogP) is 4.01. The fraction of sp³-hybridized carbons (Fsp3) is 0.143. The van der Waals surface area contributed by atoms with E-state index in [4.69, 9.17) is 11.6 Å². The highest BCUT2D eigenvalue weighted by Crippen LogP contribution is 2.29. The molecular formula is C14H11ClF2O.